The maximum atomic E-state index is 5.75. The van der Waals surface area contributed by atoms with E-state index in [1.807, 2.05) is 6.92 Å². The van der Waals surface area contributed by atoms with Crippen molar-refractivity contribution in [3.63, 3.8) is 0 Å². The smallest absolute Gasteiger partial charge is 0.109 e. The average Bonchev–Trinajstić information content (AvgIpc) is 2.75. The van der Waals surface area contributed by atoms with Crippen molar-refractivity contribution in [2.45, 2.75) is 39.2 Å². The lowest BCUT2D eigenvalue weighted by Crippen LogP contribution is -2.34. The van der Waals surface area contributed by atoms with Gasteiger partial charge >= 0.3 is 0 Å². The lowest BCUT2D eigenvalue weighted by atomic mass is 10.1. The molecule has 1 N–H and O–H groups in total. The van der Waals surface area contributed by atoms with Crippen molar-refractivity contribution in [1.29, 1.82) is 0 Å². The molecule has 3 nitrogen and oxygen atoms in total. The first-order chi connectivity index (χ1) is 8.29. The molecule has 0 aliphatic carbocycles. The highest BCUT2D eigenvalue weighted by Gasteiger charge is 2.18. The minimum Gasteiger partial charge on any atom is -0.497 e. The number of aromatic nitrogens is 1. The van der Waals surface area contributed by atoms with Crippen LogP contribution in [0.1, 0.15) is 30.5 Å². The molecule has 1 aliphatic heterocycles. The lowest BCUT2D eigenvalue weighted by Gasteiger charge is -2.23. The van der Waals surface area contributed by atoms with Crippen LogP contribution in [0.25, 0.3) is 0 Å². The van der Waals surface area contributed by atoms with Gasteiger partial charge in [0.1, 0.15) is 5.76 Å². The summed E-state index contributed by atoms with van der Waals surface area (Å²) in [5.74, 6) is 1.10. The summed E-state index contributed by atoms with van der Waals surface area (Å²) in [4.78, 5) is 4.52. The van der Waals surface area contributed by atoms with Gasteiger partial charge in [-0.1, -0.05) is 6.92 Å². The zero-order valence-corrected chi connectivity index (χ0v) is 11.3. The molecule has 0 fully saturated rings. The molecule has 2 rings (SSSR count). The Hall–Kier alpha value is -0.870. The van der Waals surface area contributed by atoms with Crippen molar-refractivity contribution in [3.05, 3.63) is 27.9 Å². The second kappa shape index (κ2) is 6.17. The molecule has 1 atom stereocenters. The van der Waals surface area contributed by atoms with Crippen LogP contribution in [0.4, 0.5) is 0 Å². The van der Waals surface area contributed by atoms with Crippen LogP contribution in [0.5, 0.6) is 0 Å². The van der Waals surface area contributed by atoms with Gasteiger partial charge in [-0.25, -0.2) is 4.98 Å². The fourth-order valence-electron chi connectivity index (χ4n) is 2.05. The van der Waals surface area contributed by atoms with Gasteiger partial charge in [0, 0.05) is 11.8 Å². The van der Waals surface area contributed by atoms with Gasteiger partial charge in [-0.2, -0.15) is 0 Å². The highest BCUT2D eigenvalue weighted by molar-refractivity contribution is 7.09. The third-order valence-electron chi connectivity index (χ3n) is 2.84. The Morgan fingerprint density at radius 2 is 2.47 bits per heavy atom. The van der Waals surface area contributed by atoms with E-state index in [2.05, 4.69) is 28.7 Å². The third-order valence-corrected chi connectivity index (χ3v) is 3.66. The molecule has 1 unspecified atom stereocenters. The molecule has 17 heavy (non-hydrogen) atoms. The highest BCUT2D eigenvalue weighted by Crippen LogP contribution is 2.18. The number of aryl methyl sites for hydroxylation is 1. The molecule has 0 saturated carbocycles. The summed E-state index contributed by atoms with van der Waals surface area (Å²) in [6.07, 6.45) is 5.41. The first-order valence-corrected chi connectivity index (χ1v) is 7.14. The fraction of sp³-hybridized carbons (Fsp3) is 0.615. The van der Waals surface area contributed by atoms with Crippen LogP contribution in [0, 0.1) is 6.92 Å². The van der Waals surface area contributed by atoms with Crippen LogP contribution in [0.2, 0.25) is 0 Å². The molecule has 0 saturated heterocycles. The van der Waals surface area contributed by atoms with Gasteiger partial charge in [0.2, 0.25) is 0 Å². The average molecular weight is 252 g/mol. The summed E-state index contributed by atoms with van der Waals surface area (Å²) in [5, 5.41) is 6.76. The Balaban J connectivity index is 2.03. The van der Waals surface area contributed by atoms with Crippen LogP contribution in [0.15, 0.2) is 17.2 Å². The maximum Gasteiger partial charge on any atom is 0.109 e. The third kappa shape index (κ3) is 3.54. The summed E-state index contributed by atoms with van der Waals surface area (Å²) in [6.45, 7) is 5.98. The highest BCUT2D eigenvalue weighted by atomic mass is 32.1. The minimum atomic E-state index is 0.279. The van der Waals surface area contributed by atoms with E-state index in [0.717, 1.165) is 48.9 Å². The number of likely N-dealkylation sites (N-methyl/N-ethyl adjacent to an activating group) is 1. The maximum absolute atomic E-state index is 5.75. The summed E-state index contributed by atoms with van der Waals surface area (Å²) in [7, 11) is 0. The van der Waals surface area contributed by atoms with E-state index in [4.69, 9.17) is 4.74 Å². The molecule has 4 heteroatoms. The van der Waals surface area contributed by atoms with Crippen molar-refractivity contribution in [1.82, 2.24) is 10.3 Å². The van der Waals surface area contributed by atoms with E-state index in [-0.39, 0.29) is 6.04 Å². The molecule has 1 aromatic heterocycles. The Bertz CT molecular complexity index is 387. The van der Waals surface area contributed by atoms with Crippen molar-refractivity contribution >= 4 is 11.3 Å². The van der Waals surface area contributed by atoms with Crippen LogP contribution in [-0.2, 0) is 11.2 Å². The first-order valence-electron chi connectivity index (χ1n) is 6.27. The summed E-state index contributed by atoms with van der Waals surface area (Å²) < 4.78 is 5.75. The number of hydrogen-bond acceptors (Lipinski definition) is 4. The fourth-order valence-corrected chi connectivity index (χ4v) is 2.68. The monoisotopic (exact) mass is 252 g/mol. The molecular formula is C13H20N2OS. The number of ether oxygens (including phenoxy) is 1. The van der Waals surface area contributed by atoms with E-state index in [0.29, 0.717) is 0 Å². The minimum absolute atomic E-state index is 0.279. The zero-order chi connectivity index (χ0) is 12.1. The van der Waals surface area contributed by atoms with Gasteiger partial charge in [-0.05, 0) is 32.4 Å². The van der Waals surface area contributed by atoms with Crippen molar-refractivity contribution < 1.29 is 4.74 Å². The van der Waals surface area contributed by atoms with Gasteiger partial charge in [-0.3, -0.25) is 0 Å². The number of nitrogens with zero attached hydrogens (tertiary/aromatic N) is 1. The standard InChI is InChI=1S/C13H20N2OS/c1-3-14-12(13-6-4-5-7-16-13)8-11-9-17-10(2)15-11/h6,9,12,14H,3-5,7-8H2,1-2H3. The molecule has 0 bridgehead atoms. The lowest BCUT2D eigenvalue weighted by molar-refractivity contribution is 0.167. The van der Waals surface area contributed by atoms with Gasteiger partial charge in [0.05, 0.1) is 23.4 Å². The van der Waals surface area contributed by atoms with Crippen LogP contribution < -0.4 is 5.32 Å². The van der Waals surface area contributed by atoms with Gasteiger partial charge in [-0.15, -0.1) is 11.3 Å². The SMILES string of the molecule is CCNC(Cc1csc(C)n1)C1=CCCCO1. The van der Waals surface area contributed by atoms with E-state index >= 15 is 0 Å². The number of nitrogens with one attached hydrogen (secondary N) is 1. The largest absolute Gasteiger partial charge is 0.497 e. The predicted molar refractivity (Wildman–Crippen MR) is 71.3 cm³/mol. The topological polar surface area (TPSA) is 34.2 Å². The van der Waals surface area contributed by atoms with E-state index in [9.17, 15) is 0 Å². The van der Waals surface area contributed by atoms with E-state index < -0.39 is 0 Å². The normalized spacial score (nSPS) is 17.4. The van der Waals surface area contributed by atoms with E-state index in [1.54, 1.807) is 11.3 Å². The predicted octanol–water partition coefficient (Wildman–Crippen LogP) is 2.67. The van der Waals surface area contributed by atoms with E-state index in [1.165, 1.54) is 0 Å². The molecule has 1 aliphatic rings. The van der Waals surface area contributed by atoms with Crippen LogP contribution >= 0.6 is 11.3 Å². The van der Waals surface area contributed by atoms with Crippen molar-refractivity contribution in [2.24, 2.45) is 0 Å². The Morgan fingerprint density at radius 3 is 3.06 bits per heavy atom. The number of rotatable bonds is 5. The summed E-state index contributed by atoms with van der Waals surface area (Å²) in [6, 6.07) is 0.279. The molecule has 2 heterocycles. The first kappa shape index (κ1) is 12.6. The molecular weight excluding hydrogens is 232 g/mol. The molecule has 1 aromatic rings. The molecule has 0 radical (unpaired) electrons. The molecule has 94 valence electrons. The van der Waals surface area contributed by atoms with Gasteiger partial charge in [0.25, 0.3) is 0 Å². The number of hydrogen-bond donors (Lipinski definition) is 1. The molecule has 0 aromatic carbocycles. The zero-order valence-electron chi connectivity index (χ0n) is 10.5. The Morgan fingerprint density at radius 1 is 1.59 bits per heavy atom. The Kier molecular flexibility index (Phi) is 4.57. The Labute approximate surface area is 107 Å². The second-order valence-corrected chi connectivity index (χ2v) is 5.33. The van der Waals surface area contributed by atoms with Gasteiger partial charge in [0.15, 0.2) is 0 Å². The quantitative estimate of drug-likeness (QED) is 0.875. The number of thiazole rings is 1. The van der Waals surface area contributed by atoms with Crippen LogP contribution in [0.3, 0.4) is 0 Å². The molecule has 0 amide bonds. The summed E-state index contributed by atoms with van der Waals surface area (Å²) >= 11 is 1.71. The van der Waals surface area contributed by atoms with Crippen molar-refractivity contribution in [3.8, 4) is 0 Å². The van der Waals surface area contributed by atoms with Crippen molar-refractivity contribution in [2.75, 3.05) is 13.2 Å². The second-order valence-electron chi connectivity index (χ2n) is 4.27. The number of allylic oxidation sites excluding steroid dienone is 1. The molecule has 0 spiro atoms. The van der Waals surface area contributed by atoms with Crippen LogP contribution in [-0.4, -0.2) is 24.2 Å². The van der Waals surface area contributed by atoms with Gasteiger partial charge < -0.3 is 10.1 Å². The summed E-state index contributed by atoms with van der Waals surface area (Å²) in [5.41, 5.74) is 1.16.